The van der Waals surface area contributed by atoms with Crippen LogP contribution in [0.15, 0.2) is 0 Å². The van der Waals surface area contributed by atoms with Crippen LogP contribution in [0.2, 0.25) is 0 Å². The lowest BCUT2D eigenvalue weighted by Gasteiger charge is -2.34. The molecule has 2 fully saturated rings. The molecule has 1 aliphatic heterocycles. The average molecular weight is 268 g/mol. The van der Waals surface area contributed by atoms with Gasteiger partial charge in [0, 0.05) is 45.3 Å². The van der Waals surface area contributed by atoms with Crippen molar-refractivity contribution in [2.45, 2.75) is 31.7 Å². The van der Waals surface area contributed by atoms with Gasteiger partial charge in [-0.15, -0.1) is 0 Å². The van der Waals surface area contributed by atoms with Crippen LogP contribution in [0.3, 0.4) is 0 Å². The van der Waals surface area contributed by atoms with Crippen LogP contribution < -0.4 is 11.1 Å². The summed E-state index contributed by atoms with van der Waals surface area (Å²) in [6.07, 6.45) is 4.31. The molecule has 0 atom stereocenters. The van der Waals surface area contributed by atoms with E-state index in [1.54, 1.807) is 4.90 Å². The van der Waals surface area contributed by atoms with Crippen LogP contribution in [0, 0.1) is 0 Å². The summed E-state index contributed by atoms with van der Waals surface area (Å²) in [4.78, 5) is 27.8. The highest BCUT2D eigenvalue weighted by molar-refractivity contribution is 6.35. The summed E-state index contributed by atoms with van der Waals surface area (Å²) in [6.45, 7) is 4.35. The lowest BCUT2D eigenvalue weighted by atomic mass is 10.2. The first-order chi connectivity index (χ1) is 9.20. The Labute approximate surface area is 114 Å². The minimum atomic E-state index is -0.431. The van der Waals surface area contributed by atoms with Gasteiger partial charge in [0.25, 0.3) is 0 Å². The predicted molar refractivity (Wildman–Crippen MR) is 72.5 cm³/mol. The lowest BCUT2D eigenvalue weighted by Crippen LogP contribution is -2.54. The molecule has 0 spiro atoms. The highest BCUT2D eigenvalue weighted by Gasteiger charge is 2.27. The standard InChI is InChI=1S/C13H24N4O2/c14-5-6-16-7-9-17(10-8-16)13(19)12(18)15-11-3-1-2-4-11/h11H,1-10,14H2,(H,15,18). The molecule has 2 aliphatic rings. The Hall–Kier alpha value is -1.14. The van der Waals surface area contributed by atoms with E-state index in [9.17, 15) is 9.59 Å². The molecule has 3 N–H and O–H groups in total. The van der Waals surface area contributed by atoms with E-state index in [4.69, 9.17) is 5.73 Å². The van der Waals surface area contributed by atoms with Crippen molar-refractivity contribution in [3.8, 4) is 0 Å². The van der Waals surface area contributed by atoms with Gasteiger partial charge in [-0.1, -0.05) is 12.8 Å². The van der Waals surface area contributed by atoms with E-state index >= 15 is 0 Å². The summed E-state index contributed by atoms with van der Waals surface area (Å²) in [7, 11) is 0. The summed E-state index contributed by atoms with van der Waals surface area (Å²) < 4.78 is 0. The number of nitrogens with two attached hydrogens (primary N) is 1. The quantitative estimate of drug-likeness (QED) is 0.653. The largest absolute Gasteiger partial charge is 0.345 e. The zero-order chi connectivity index (χ0) is 13.7. The van der Waals surface area contributed by atoms with Gasteiger partial charge in [0.1, 0.15) is 0 Å². The topological polar surface area (TPSA) is 78.7 Å². The molecule has 0 aromatic heterocycles. The van der Waals surface area contributed by atoms with Crippen molar-refractivity contribution in [2.75, 3.05) is 39.3 Å². The Bertz CT molecular complexity index is 321. The third-order valence-electron chi connectivity index (χ3n) is 3.99. The third-order valence-corrected chi connectivity index (χ3v) is 3.99. The van der Waals surface area contributed by atoms with Crippen LogP contribution in [0.4, 0.5) is 0 Å². The van der Waals surface area contributed by atoms with Gasteiger partial charge >= 0.3 is 11.8 Å². The van der Waals surface area contributed by atoms with Gasteiger partial charge in [-0.2, -0.15) is 0 Å². The predicted octanol–water partition coefficient (Wildman–Crippen LogP) is -0.852. The smallest absolute Gasteiger partial charge is 0.311 e. The molecule has 0 unspecified atom stereocenters. The molecule has 1 aliphatic carbocycles. The minimum Gasteiger partial charge on any atom is -0.345 e. The molecule has 19 heavy (non-hydrogen) atoms. The van der Waals surface area contributed by atoms with E-state index in [1.165, 1.54) is 0 Å². The van der Waals surface area contributed by atoms with Crippen LogP contribution in [0.5, 0.6) is 0 Å². The number of nitrogens with zero attached hydrogens (tertiary/aromatic N) is 2. The average Bonchev–Trinajstić information content (AvgIpc) is 2.92. The molecule has 2 amide bonds. The summed E-state index contributed by atoms with van der Waals surface area (Å²) in [6, 6.07) is 0.204. The van der Waals surface area contributed by atoms with Gasteiger partial charge < -0.3 is 16.0 Å². The van der Waals surface area contributed by atoms with Crippen LogP contribution >= 0.6 is 0 Å². The van der Waals surface area contributed by atoms with Gasteiger partial charge in [-0.25, -0.2) is 0 Å². The van der Waals surface area contributed by atoms with E-state index in [-0.39, 0.29) is 11.9 Å². The number of rotatable bonds is 3. The molecule has 108 valence electrons. The first kappa shape index (κ1) is 14.3. The highest BCUT2D eigenvalue weighted by Crippen LogP contribution is 2.17. The van der Waals surface area contributed by atoms with Gasteiger partial charge in [0.2, 0.25) is 0 Å². The fraction of sp³-hybridized carbons (Fsp3) is 0.846. The zero-order valence-electron chi connectivity index (χ0n) is 11.4. The number of hydrogen-bond acceptors (Lipinski definition) is 4. The van der Waals surface area contributed by atoms with Gasteiger partial charge in [-0.3, -0.25) is 14.5 Å². The minimum absolute atomic E-state index is 0.204. The van der Waals surface area contributed by atoms with E-state index < -0.39 is 5.91 Å². The maximum absolute atomic E-state index is 12.0. The van der Waals surface area contributed by atoms with E-state index in [0.29, 0.717) is 19.6 Å². The number of nitrogens with one attached hydrogen (secondary N) is 1. The molecule has 1 saturated carbocycles. The SMILES string of the molecule is NCCN1CCN(C(=O)C(=O)NC2CCCC2)CC1. The van der Waals surface area contributed by atoms with Crippen molar-refractivity contribution >= 4 is 11.8 Å². The van der Waals surface area contributed by atoms with Crippen LogP contribution in [0.25, 0.3) is 0 Å². The summed E-state index contributed by atoms with van der Waals surface area (Å²) in [5.41, 5.74) is 5.51. The molecule has 1 saturated heterocycles. The van der Waals surface area contributed by atoms with Crippen LogP contribution in [0.1, 0.15) is 25.7 Å². The third kappa shape index (κ3) is 3.91. The maximum Gasteiger partial charge on any atom is 0.311 e. The molecule has 2 rings (SSSR count). The Morgan fingerprint density at radius 3 is 2.32 bits per heavy atom. The molecule has 0 aromatic carbocycles. The van der Waals surface area contributed by atoms with Crippen molar-refractivity contribution in [1.82, 2.24) is 15.1 Å². The highest BCUT2D eigenvalue weighted by atomic mass is 16.2. The van der Waals surface area contributed by atoms with Gasteiger partial charge in [0.15, 0.2) is 0 Å². The van der Waals surface area contributed by atoms with Crippen LogP contribution in [-0.4, -0.2) is 66.9 Å². The second kappa shape index (κ2) is 6.86. The first-order valence-electron chi connectivity index (χ1n) is 7.23. The summed E-state index contributed by atoms with van der Waals surface area (Å²) in [5, 5.41) is 2.85. The number of carbonyl (C=O) groups excluding carboxylic acids is 2. The van der Waals surface area contributed by atoms with Crippen molar-refractivity contribution < 1.29 is 9.59 Å². The van der Waals surface area contributed by atoms with Crippen molar-refractivity contribution in [3.63, 3.8) is 0 Å². The number of piperazine rings is 1. The molecule has 6 nitrogen and oxygen atoms in total. The number of hydrogen-bond donors (Lipinski definition) is 2. The normalized spacial score (nSPS) is 21.6. The second-order valence-corrected chi connectivity index (χ2v) is 5.38. The molecule has 0 aromatic rings. The van der Waals surface area contributed by atoms with E-state index in [1.807, 2.05) is 0 Å². The van der Waals surface area contributed by atoms with Crippen LogP contribution in [-0.2, 0) is 9.59 Å². The Morgan fingerprint density at radius 1 is 1.11 bits per heavy atom. The first-order valence-corrected chi connectivity index (χ1v) is 7.23. The van der Waals surface area contributed by atoms with Crippen molar-refractivity contribution in [3.05, 3.63) is 0 Å². The fourth-order valence-corrected chi connectivity index (χ4v) is 2.82. The van der Waals surface area contributed by atoms with E-state index in [0.717, 1.165) is 45.3 Å². The Morgan fingerprint density at radius 2 is 1.74 bits per heavy atom. The second-order valence-electron chi connectivity index (χ2n) is 5.38. The zero-order valence-corrected chi connectivity index (χ0v) is 11.4. The maximum atomic E-state index is 12.0. The molecule has 6 heteroatoms. The van der Waals surface area contributed by atoms with E-state index in [2.05, 4.69) is 10.2 Å². The Kier molecular flexibility index (Phi) is 5.15. The summed E-state index contributed by atoms with van der Waals surface area (Å²) in [5.74, 6) is -0.807. The van der Waals surface area contributed by atoms with Crippen molar-refractivity contribution in [2.24, 2.45) is 5.73 Å². The molecule has 0 radical (unpaired) electrons. The molecular formula is C13H24N4O2. The fourth-order valence-electron chi connectivity index (χ4n) is 2.82. The molecule has 1 heterocycles. The molecule has 0 bridgehead atoms. The molecular weight excluding hydrogens is 244 g/mol. The lowest BCUT2D eigenvalue weighted by molar-refractivity contribution is -0.147. The van der Waals surface area contributed by atoms with Gasteiger partial charge in [-0.05, 0) is 12.8 Å². The number of carbonyl (C=O) groups is 2. The summed E-state index contributed by atoms with van der Waals surface area (Å²) >= 11 is 0. The Balaban J connectivity index is 1.75. The van der Waals surface area contributed by atoms with Gasteiger partial charge in [0.05, 0.1) is 0 Å². The van der Waals surface area contributed by atoms with Crippen molar-refractivity contribution in [1.29, 1.82) is 0 Å². The number of amides is 2. The monoisotopic (exact) mass is 268 g/mol.